The van der Waals surface area contributed by atoms with Crippen molar-refractivity contribution in [2.45, 2.75) is 19.3 Å². The average Bonchev–Trinajstić information content (AvgIpc) is 2.49. The molecule has 5 heteroatoms. The Balaban J connectivity index is 2.52. The van der Waals surface area contributed by atoms with Gasteiger partial charge in [-0.3, -0.25) is 4.79 Å². The van der Waals surface area contributed by atoms with Crippen molar-refractivity contribution < 1.29 is 14.6 Å². The number of nitrogens with one attached hydrogen (secondary N) is 1. The molecular formula is C11H13N2O3+. The molecule has 84 valence electrons. The first-order valence-electron chi connectivity index (χ1n) is 4.94. The maximum absolute atomic E-state index is 11.7. The SMILES string of the molecule is CO[N+](=O)c1ccc2c(c1)C(C)(C)C(=O)N2. The fourth-order valence-electron chi connectivity index (χ4n) is 1.78. The van der Waals surface area contributed by atoms with Gasteiger partial charge >= 0.3 is 5.69 Å². The van der Waals surface area contributed by atoms with Crippen LogP contribution in [0.2, 0.25) is 0 Å². The lowest BCUT2D eigenvalue weighted by Gasteiger charge is -2.13. The van der Waals surface area contributed by atoms with E-state index in [1.807, 2.05) is 13.8 Å². The molecule has 0 aliphatic carbocycles. The fraction of sp³-hybridized carbons (Fsp3) is 0.364. The summed E-state index contributed by atoms with van der Waals surface area (Å²) in [6.45, 7) is 3.64. The Labute approximate surface area is 92.9 Å². The number of nitrogens with zero attached hydrogens (tertiary/aromatic N) is 1. The highest BCUT2D eigenvalue weighted by molar-refractivity contribution is 6.05. The van der Waals surface area contributed by atoms with Crippen molar-refractivity contribution in [2.24, 2.45) is 0 Å². The lowest BCUT2D eigenvalue weighted by molar-refractivity contribution is -0.736. The number of anilines is 1. The summed E-state index contributed by atoms with van der Waals surface area (Å²) in [5.41, 5.74) is 1.34. The Hall–Kier alpha value is -1.91. The highest BCUT2D eigenvalue weighted by Gasteiger charge is 2.39. The molecule has 0 fully saturated rings. The number of carbonyl (C=O) groups is 1. The van der Waals surface area contributed by atoms with Crippen LogP contribution >= 0.6 is 0 Å². The summed E-state index contributed by atoms with van der Waals surface area (Å²) >= 11 is 0. The number of hydrogen-bond acceptors (Lipinski definition) is 3. The zero-order chi connectivity index (χ0) is 11.9. The summed E-state index contributed by atoms with van der Waals surface area (Å²) in [6.07, 6.45) is 0. The molecule has 1 aliphatic rings. The van der Waals surface area contributed by atoms with Gasteiger partial charge < -0.3 is 5.32 Å². The first kappa shape index (κ1) is 10.6. The van der Waals surface area contributed by atoms with Gasteiger partial charge in [0.15, 0.2) is 7.11 Å². The molecule has 1 heterocycles. The van der Waals surface area contributed by atoms with Crippen molar-refractivity contribution in [2.75, 3.05) is 12.4 Å². The monoisotopic (exact) mass is 221 g/mol. The Bertz CT molecular complexity index is 480. The van der Waals surface area contributed by atoms with Crippen LogP contribution in [-0.2, 0) is 15.0 Å². The van der Waals surface area contributed by atoms with E-state index in [0.717, 1.165) is 11.3 Å². The van der Waals surface area contributed by atoms with Crippen LogP contribution in [0.4, 0.5) is 11.4 Å². The molecule has 0 spiro atoms. The first-order valence-corrected chi connectivity index (χ1v) is 4.94. The van der Waals surface area contributed by atoms with Gasteiger partial charge in [0.1, 0.15) is 0 Å². The third-order valence-electron chi connectivity index (χ3n) is 2.87. The molecule has 0 atom stereocenters. The van der Waals surface area contributed by atoms with Crippen molar-refractivity contribution >= 4 is 17.3 Å². The van der Waals surface area contributed by atoms with Crippen molar-refractivity contribution in [1.29, 1.82) is 0 Å². The first-order chi connectivity index (χ1) is 7.46. The Morgan fingerprint density at radius 3 is 2.69 bits per heavy atom. The van der Waals surface area contributed by atoms with Gasteiger partial charge in [-0.25, -0.2) is 4.84 Å². The number of fused-ring (bicyclic) bond motifs is 1. The van der Waals surface area contributed by atoms with E-state index in [0.29, 0.717) is 10.6 Å². The van der Waals surface area contributed by atoms with E-state index in [1.54, 1.807) is 18.2 Å². The van der Waals surface area contributed by atoms with Crippen LogP contribution in [0.25, 0.3) is 0 Å². The maximum Gasteiger partial charge on any atom is 0.317 e. The lowest BCUT2D eigenvalue weighted by atomic mass is 9.86. The van der Waals surface area contributed by atoms with Crippen molar-refractivity contribution in [1.82, 2.24) is 0 Å². The van der Waals surface area contributed by atoms with Gasteiger partial charge in [0.05, 0.1) is 10.3 Å². The smallest absolute Gasteiger partial charge is 0.317 e. The summed E-state index contributed by atoms with van der Waals surface area (Å²) in [5, 5.41) is 2.77. The predicted molar refractivity (Wildman–Crippen MR) is 58.4 cm³/mol. The minimum absolute atomic E-state index is 0.0606. The highest BCUT2D eigenvalue weighted by atomic mass is 16.8. The Morgan fingerprint density at radius 1 is 1.38 bits per heavy atom. The van der Waals surface area contributed by atoms with Gasteiger partial charge in [-0.2, -0.15) is 0 Å². The number of rotatable bonds is 2. The molecule has 0 aromatic heterocycles. The minimum atomic E-state index is -0.611. The number of amides is 1. The maximum atomic E-state index is 11.7. The normalized spacial score (nSPS) is 16.6. The number of hydrogen-bond donors (Lipinski definition) is 1. The fourth-order valence-corrected chi connectivity index (χ4v) is 1.78. The second-order valence-electron chi connectivity index (χ2n) is 4.25. The van der Waals surface area contributed by atoms with Crippen LogP contribution in [0.3, 0.4) is 0 Å². The van der Waals surface area contributed by atoms with Gasteiger partial charge in [-0.1, -0.05) is 0 Å². The van der Waals surface area contributed by atoms with Crippen LogP contribution in [0, 0.1) is 4.91 Å². The van der Waals surface area contributed by atoms with Crippen LogP contribution in [-0.4, -0.2) is 17.9 Å². The van der Waals surface area contributed by atoms with Gasteiger partial charge in [-0.05, 0) is 25.5 Å². The average molecular weight is 221 g/mol. The van der Waals surface area contributed by atoms with Crippen LogP contribution in [0.5, 0.6) is 0 Å². The van der Waals surface area contributed by atoms with Gasteiger partial charge in [-0.15, -0.1) is 0 Å². The molecule has 1 aromatic carbocycles. The molecule has 0 unspecified atom stereocenters. The zero-order valence-corrected chi connectivity index (χ0v) is 9.40. The summed E-state index contributed by atoms with van der Waals surface area (Å²) in [6, 6.07) is 4.99. The number of carbonyl (C=O) groups excluding carboxylic acids is 1. The highest BCUT2D eigenvalue weighted by Crippen LogP contribution is 2.39. The van der Waals surface area contributed by atoms with Crippen LogP contribution < -0.4 is 5.32 Å². The molecule has 1 aliphatic heterocycles. The molecule has 1 aromatic rings. The largest absolute Gasteiger partial charge is 0.325 e. The second-order valence-corrected chi connectivity index (χ2v) is 4.25. The van der Waals surface area contributed by atoms with E-state index in [2.05, 4.69) is 10.2 Å². The molecule has 16 heavy (non-hydrogen) atoms. The van der Waals surface area contributed by atoms with E-state index >= 15 is 0 Å². The topological polar surface area (TPSA) is 58.4 Å². The Kier molecular flexibility index (Phi) is 2.18. The molecule has 1 amide bonds. The summed E-state index contributed by atoms with van der Waals surface area (Å²) < 4.78 is 0. The van der Waals surface area contributed by atoms with Crippen molar-refractivity contribution in [3.63, 3.8) is 0 Å². The van der Waals surface area contributed by atoms with Gasteiger partial charge in [0.25, 0.3) is 4.92 Å². The predicted octanol–water partition coefficient (Wildman–Crippen LogP) is 1.89. The lowest BCUT2D eigenvalue weighted by Crippen LogP contribution is -2.26. The molecule has 0 saturated carbocycles. The van der Waals surface area contributed by atoms with Crippen molar-refractivity contribution in [3.8, 4) is 0 Å². The van der Waals surface area contributed by atoms with Crippen LogP contribution in [0.15, 0.2) is 18.2 Å². The zero-order valence-electron chi connectivity index (χ0n) is 9.40. The molecular weight excluding hydrogens is 208 g/mol. The molecule has 2 rings (SSSR count). The van der Waals surface area contributed by atoms with E-state index in [-0.39, 0.29) is 5.91 Å². The van der Waals surface area contributed by atoms with Gasteiger partial charge in [0, 0.05) is 17.8 Å². The molecule has 0 bridgehead atoms. The Morgan fingerprint density at radius 2 is 2.06 bits per heavy atom. The summed E-state index contributed by atoms with van der Waals surface area (Å²) in [4.78, 5) is 27.9. The molecule has 0 radical (unpaired) electrons. The second kappa shape index (κ2) is 3.30. The van der Waals surface area contributed by atoms with Crippen LogP contribution in [0.1, 0.15) is 19.4 Å². The third-order valence-corrected chi connectivity index (χ3v) is 2.87. The third kappa shape index (κ3) is 1.36. The quantitative estimate of drug-likeness (QED) is 0.776. The van der Waals surface area contributed by atoms with E-state index in [1.165, 1.54) is 7.11 Å². The van der Waals surface area contributed by atoms with Gasteiger partial charge in [0.2, 0.25) is 5.91 Å². The van der Waals surface area contributed by atoms with E-state index < -0.39 is 5.41 Å². The summed E-state index contributed by atoms with van der Waals surface area (Å²) in [5.74, 6) is -0.0606. The minimum Gasteiger partial charge on any atom is -0.325 e. The molecule has 5 nitrogen and oxygen atoms in total. The van der Waals surface area contributed by atoms with E-state index in [4.69, 9.17) is 0 Å². The van der Waals surface area contributed by atoms with Crippen molar-refractivity contribution in [3.05, 3.63) is 28.7 Å². The standard InChI is InChI=1S/C11H12N2O3/c1-11(2)8-6-7(13(15)16-3)4-5-9(8)12-10(11)14/h4-6H,1-3H3/p+1. The van der Waals surface area contributed by atoms with E-state index in [9.17, 15) is 9.70 Å². The summed E-state index contributed by atoms with van der Waals surface area (Å²) in [7, 11) is 1.30. The molecule has 1 N–H and O–H groups in total. The number of benzene rings is 1. The molecule has 0 saturated heterocycles.